The maximum atomic E-state index is 12.4. The Balaban J connectivity index is 1.01. The second kappa shape index (κ2) is 10.4. The molecule has 1 saturated heterocycles. The van der Waals surface area contributed by atoms with Crippen LogP contribution in [0.3, 0.4) is 0 Å². The Morgan fingerprint density at radius 3 is 2.53 bits per heavy atom. The van der Waals surface area contributed by atoms with Crippen molar-refractivity contribution in [3.8, 4) is 0 Å². The summed E-state index contributed by atoms with van der Waals surface area (Å²) in [6, 6.07) is 12.7. The Labute approximate surface area is 199 Å². The maximum absolute atomic E-state index is 12.4. The van der Waals surface area contributed by atoms with Crippen LogP contribution in [0.4, 0.5) is 5.82 Å². The van der Waals surface area contributed by atoms with Crippen molar-refractivity contribution in [2.24, 2.45) is 11.8 Å². The summed E-state index contributed by atoms with van der Waals surface area (Å²) in [4.78, 5) is 18.7. The van der Waals surface area contributed by atoms with Crippen LogP contribution in [-0.4, -0.2) is 47.8 Å². The van der Waals surface area contributed by atoms with E-state index < -0.39 is 0 Å². The van der Waals surface area contributed by atoms with E-state index in [1.54, 1.807) is 22.9 Å². The van der Waals surface area contributed by atoms with E-state index in [-0.39, 0.29) is 0 Å². The van der Waals surface area contributed by atoms with Gasteiger partial charge >= 0.3 is 0 Å². The molecule has 0 N–H and O–H groups in total. The molecule has 170 valence electrons. The molecule has 3 aromatic rings. The third-order valence-corrected chi connectivity index (χ3v) is 9.01. The van der Waals surface area contributed by atoms with Crippen LogP contribution in [0.5, 0.6) is 0 Å². The van der Waals surface area contributed by atoms with E-state index in [4.69, 9.17) is 4.37 Å². The van der Waals surface area contributed by atoms with Crippen molar-refractivity contribution in [2.75, 3.05) is 37.6 Å². The van der Waals surface area contributed by atoms with Crippen LogP contribution in [0.2, 0.25) is 0 Å². The van der Waals surface area contributed by atoms with Gasteiger partial charge in [0.2, 0.25) is 0 Å². The molecule has 0 spiro atoms. The van der Waals surface area contributed by atoms with E-state index >= 15 is 0 Å². The third kappa shape index (κ3) is 5.41. The molecular formula is C26H33N3OS2. The molecule has 2 fully saturated rings. The Morgan fingerprint density at radius 2 is 1.75 bits per heavy atom. The van der Waals surface area contributed by atoms with Crippen molar-refractivity contribution < 1.29 is 4.79 Å². The van der Waals surface area contributed by atoms with Gasteiger partial charge in [-0.15, -0.1) is 11.3 Å². The fourth-order valence-corrected chi connectivity index (χ4v) is 6.90. The van der Waals surface area contributed by atoms with Gasteiger partial charge in [0.15, 0.2) is 0 Å². The van der Waals surface area contributed by atoms with Crippen molar-refractivity contribution in [3.05, 3.63) is 46.7 Å². The van der Waals surface area contributed by atoms with Crippen LogP contribution in [0.15, 0.2) is 41.8 Å². The zero-order chi connectivity index (χ0) is 21.8. The van der Waals surface area contributed by atoms with E-state index in [1.807, 2.05) is 6.07 Å². The molecule has 6 heteroatoms. The van der Waals surface area contributed by atoms with Gasteiger partial charge in [0, 0.05) is 49.3 Å². The number of benzene rings is 1. The van der Waals surface area contributed by atoms with Crippen LogP contribution >= 0.6 is 22.9 Å². The summed E-state index contributed by atoms with van der Waals surface area (Å²) in [6.45, 7) is 5.65. The van der Waals surface area contributed by atoms with E-state index in [1.165, 1.54) is 59.4 Å². The van der Waals surface area contributed by atoms with Crippen LogP contribution in [0.1, 0.15) is 43.4 Å². The lowest BCUT2D eigenvalue weighted by molar-refractivity contribution is -0.119. The van der Waals surface area contributed by atoms with Gasteiger partial charge in [0.25, 0.3) is 0 Å². The number of fused-ring (bicyclic) bond motifs is 1. The van der Waals surface area contributed by atoms with Gasteiger partial charge in [0.05, 0.1) is 4.70 Å². The highest BCUT2D eigenvalue weighted by atomic mass is 32.1. The number of anilines is 1. The van der Waals surface area contributed by atoms with Gasteiger partial charge in [-0.2, -0.15) is 4.37 Å². The Hall–Kier alpha value is -1.76. The number of hydrogen-bond donors (Lipinski definition) is 0. The monoisotopic (exact) mass is 467 g/mol. The number of thiophene rings is 1. The van der Waals surface area contributed by atoms with Crippen molar-refractivity contribution >= 4 is 44.6 Å². The van der Waals surface area contributed by atoms with Crippen molar-refractivity contribution in [2.45, 2.75) is 44.9 Å². The van der Waals surface area contributed by atoms with Gasteiger partial charge in [-0.05, 0) is 72.8 Å². The minimum Gasteiger partial charge on any atom is -0.353 e. The Morgan fingerprint density at radius 1 is 0.969 bits per heavy atom. The average molecular weight is 468 g/mol. The highest BCUT2D eigenvalue weighted by Gasteiger charge is 2.25. The average Bonchev–Trinajstić information content (AvgIpc) is 3.49. The molecule has 1 aromatic carbocycles. The predicted octanol–water partition coefficient (Wildman–Crippen LogP) is 5.88. The van der Waals surface area contributed by atoms with Gasteiger partial charge in [-0.3, -0.25) is 9.69 Å². The fourth-order valence-electron chi connectivity index (χ4n) is 5.37. The molecular weight excluding hydrogens is 434 g/mol. The second-order valence-corrected chi connectivity index (χ2v) is 11.3. The molecule has 1 saturated carbocycles. The fraction of sp³-hybridized carbons (Fsp3) is 0.538. The molecule has 3 heterocycles. The number of ketones is 1. The summed E-state index contributed by atoms with van der Waals surface area (Å²) < 4.78 is 6.02. The zero-order valence-corrected chi connectivity index (χ0v) is 20.4. The van der Waals surface area contributed by atoms with Gasteiger partial charge in [-0.25, -0.2) is 0 Å². The number of carbonyl (C=O) groups excluding carboxylic acids is 1. The van der Waals surface area contributed by atoms with Crippen molar-refractivity contribution in [1.29, 1.82) is 0 Å². The van der Waals surface area contributed by atoms with Crippen LogP contribution in [0, 0.1) is 11.8 Å². The van der Waals surface area contributed by atoms with E-state index in [0.717, 1.165) is 38.5 Å². The lowest BCUT2D eigenvalue weighted by Crippen LogP contribution is -2.47. The minimum absolute atomic E-state index is 0.432. The molecule has 32 heavy (non-hydrogen) atoms. The molecule has 2 aromatic heterocycles. The second-order valence-electron chi connectivity index (χ2n) is 9.51. The number of hydrogen-bond acceptors (Lipinski definition) is 6. The third-order valence-electron chi connectivity index (χ3n) is 7.32. The number of aromatic nitrogens is 1. The number of nitrogens with zero attached hydrogens (tertiary/aromatic N) is 3. The van der Waals surface area contributed by atoms with E-state index in [0.29, 0.717) is 18.1 Å². The van der Waals surface area contributed by atoms with Crippen LogP contribution < -0.4 is 4.90 Å². The highest BCUT2D eigenvalue weighted by Crippen LogP contribution is 2.34. The Kier molecular flexibility index (Phi) is 7.20. The van der Waals surface area contributed by atoms with E-state index in [9.17, 15) is 4.79 Å². The first-order valence-electron chi connectivity index (χ1n) is 12.1. The first kappa shape index (κ1) is 22.1. The predicted molar refractivity (Wildman–Crippen MR) is 136 cm³/mol. The van der Waals surface area contributed by atoms with Crippen molar-refractivity contribution in [1.82, 2.24) is 9.27 Å². The van der Waals surface area contributed by atoms with Gasteiger partial charge < -0.3 is 4.90 Å². The first-order chi connectivity index (χ1) is 15.7. The SMILES string of the molecule is O=C(Cc1cccs1)CC1CCC(CCN2CCN(c3nsc4ccccc34)CC2)CC1. The standard InChI is InChI=1S/C26H33N3OS2/c30-22(19-23-4-3-17-31-23)18-21-9-7-20(8-10-21)11-12-28-13-15-29(16-14-28)26-24-5-1-2-6-25(24)32-27-26/h1-6,17,20-21H,7-16,18-19H2. The summed E-state index contributed by atoms with van der Waals surface area (Å²) in [6.07, 6.45) is 7.84. The molecule has 0 unspecified atom stereocenters. The summed E-state index contributed by atoms with van der Waals surface area (Å²) >= 11 is 3.32. The van der Waals surface area contributed by atoms with E-state index in [2.05, 4.69) is 45.5 Å². The topological polar surface area (TPSA) is 36.4 Å². The molecule has 4 nitrogen and oxygen atoms in total. The number of piperazine rings is 1. The van der Waals surface area contributed by atoms with Crippen LogP contribution in [-0.2, 0) is 11.2 Å². The summed E-state index contributed by atoms with van der Waals surface area (Å²) in [5, 5.41) is 3.37. The quantitative estimate of drug-likeness (QED) is 0.415. The highest BCUT2D eigenvalue weighted by molar-refractivity contribution is 7.13. The molecule has 1 aliphatic carbocycles. The van der Waals surface area contributed by atoms with Crippen molar-refractivity contribution in [3.63, 3.8) is 0 Å². The lowest BCUT2D eigenvalue weighted by atomic mass is 9.78. The normalized spacial score (nSPS) is 22.4. The van der Waals surface area contributed by atoms with Gasteiger partial charge in [0.1, 0.15) is 11.6 Å². The smallest absolute Gasteiger partial charge is 0.150 e. The largest absolute Gasteiger partial charge is 0.353 e. The molecule has 0 atom stereocenters. The Bertz CT molecular complexity index is 999. The summed E-state index contributed by atoms with van der Waals surface area (Å²) in [7, 11) is 0. The maximum Gasteiger partial charge on any atom is 0.150 e. The lowest BCUT2D eigenvalue weighted by Gasteiger charge is -2.36. The minimum atomic E-state index is 0.432. The summed E-state index contributed by atoms with van der Waals surface area (Å²) in [5.41, 5.74) is 0. The number of Topliss-reactive ketones (excluding diaryl/α,β-unsaturated/α-hetero) is 1. The van der Waals surface area contributed by atoms with Crippen LogP contribution in [0.25, 0.3) is 10.1 Å². The number of rotatable bonds is 8. The molecule has 0 bridgehead atoms. The number of carbonyl (C=O) groups is 1. The summed E-state index contributed by atoms with van der Waals surface area (Å²) in [5.74, 6) is 3.08. The molecule has 2 aliphatic rings. The molecule has 1 aliphatic heterocycles. The first-order valence-corrected chi connectivity index (χ1v) is 13.8. The molecule has 5 rings (SSSR count). The molecule has 0 radical (unpaired) electrons. The molecule has 0 amide bonds. The zero-order valence-electron chi connectivity index (χ0n) is 18.7. The van der Waals surface area contributed by atoms with Gasteiger partial charge in [-0.1, -0.05) is 31.0 Å².